The molecule has 3 heterocycles. The minimum absolute atomic E-state index is 0.195. The topological polar surface area (TPSA) is 47.4 Å². The summed E-state index contributed by atoms with van der Waals surface area (Å²) in [5.41, 5.74) is 3.23. The van der Waals surface area contributed by atoms with Crippen LogP contribution in [0, 0.1) is 19.3 Å². The first kappa shape index (κ1) is 15.5. The second-order valence-corrected chi connectivity index (χ2v) is 7.04. The molecule has 0 unspecified atom stereocenters. The quantitative estimate of drug-likeness (QED) is 0.843. The maximum absolute atomic E-state index is 13.2. The van der Waals surface area contributed by atoms with Gasteiger partial charge in [-0.05, 0) is 39.5 Å². The molecule has 2 aliphatic heterocycles. The van der Waals surface area contributed by atoms with Gasteiger partial charge < -0.3 is 9.64 Å². The molecule has 0 aliphatic carbocycles. The van der Waals surface area contributed by atoms with Gasteiger partial charge in [-0.1, -0.05) is 6.92 Å². The summed E-state index contributed by atoms with van der Waals surface area (Å²) in [5, 5.41) is 4.54. The molecule has 122 valence electrons. The maximum atomic E-state index is 13.2. The zero-order chi connectivity index (χ0) is 15.9. The summed E-state index contributed by atoms with van der Waals surface area (Å²) in [4.78, 5) is 15.3. The lowest BCUT2D eigenvalue weighted by Gasteiger charge is -2.38. The number of likely N-dealkylation sites (tertiary alicyclic amines) is 1. The van der Waals surface area contributed by atoms with Gasteiger partial charge in [-0.2, -0.15) is 5.10 Å². The van der Waals surface area contributed by atoms with E-state index in [0.717, 1.165) is 37.9 Å². The molecular formula is C17H27N3O2. The molecule has 2 saturated heterocycles. The van der Waals surface area contributed by atoms with Crippen molar-refractivity contribution in [3.63, 3.8) is 0 Å². The summed E-state index contributed by atoms with van der Waals surface area (Å²) in [5.74, 6) is 0.306. The Morgan fingerprint density at radius 2 is 2.00 bits per heavy atom. The number of amides is 1. The van der Waals surface area contributed by atoms with Gasteiger partial charge in [-0.3, -0.25) is 9.48 Å². The number of aryl methyl sites for hydroxylation is 2. The summed E-state index contributed by atoms with van der Waals surface area (Å²) >= 11 is 0. The highest BCUT2D eigenvalue weighted by atomic mass is 16.5. The van der Waals surface area contributed by atoms with E-state index in [2.05, 4.69) is 30.8 Å². The van der Waals surface area contributed by atoms with E-state index in [-0.39, 0.29) is 11.5 Å². The number of hydrogen-bond acceptors (Lipinski definition) is 3. The average Bonchev–Trinajstić information content (AvgIpc) is 3.04. The molecule has 1 amide bonds. The molecule has 2 aliphatic rings. The van der Waals surface area contributed by atoms with Crippen molar-refractivity contribution in [1.82, 2.24) is 14.7 Å². The third-order valence-electron chi connectivity index (χ3n) is 5.52. The van der Waals surface area contributed by atoms with Crippen LogP contribution in [0.25, 0.3) is 0 Å². The molecule has 5 nitrogen and oxygen atoms in total. The molecule has 3 rings (SSSR count). The van der Waals surface area contributed by atoms with Crippen molar-refractivity contribution in [1.29, 1.82) is 0 Å². The Balaban J connectivity index is 1.88. The monoisotopic (exact) mass is 305 g/mol. The predicted molar refractivity (Wildman–Crippen MR) is 84.5 cm³/mol. The Morgan fingerprint density at radius 1 is 1.32 bits per heavy atom. The molecule has 1 aromatic heterocycles. The number of ether oxygens (including phenoxy) is 1. The molecule has 0 saturated carbocycles. The van der Waals surface area contributed by atoms with Crippen molar-refractivity contribution in [3.05, 3.63) is 17.0 Å². The fourth-order valence-corrected chi connectivity index (χ4v) is 3.96. The third kappa shape index (κ3) is 2.45. The van der Waals surface area contributed by atoms with E-state index in [1.54, 1.807) is 0 Å². The molecule has 0 spiro atoms. The molecule has 1 atom stereocenters. The van der Waals surface area contributed by atoms with Crippen LogP contribution in [0.4, 0.5) is 0 Å². The van der Waals surface area contributed by atoms with Gasteiger partial charge in [0.15, 0.2) is 0 Å². The normalized spacial score (nSPS) is 24.7. The lowest BCUT2D eigenvalue weighted by molar-refractivity contribution is -0.147. The maximum Gasteiger partial charge on any atom is 0.229 e. The SMILES string of the molecule is Cc1nn(C)c(C)c1[C@H]1CCCN1C(=O)C1(C)CCOCC1. The Hall–Kier alpha value is -1.36. The summed E-state index contributed by atoms with van der Waals surface area (Å²) in [6, 6.07) is 0.195. The van der Waals surface area contributed by atoms with Crippen LogP contribution >= 0.6 is 0 Å². The van der Waals surface area contributed by atoms with Gasteiger partial charge in [0.25, 0.3) is 0 Å². The zero-order valence-corrected chi connectivity index (χ0v) is 14.2. The lowest BCUT2D eigenvalue weighted by Crippen LogP contribution is -2.45. The van der Waals surface area contributed by atoms with Crippen LogP contribution in [-0.2, 0) is 16.6 Å². The lowest BCUT2D eigenvalue weighted by atomic mass is 9.80. The van der Waals surface area contributed by atoms with E-state index in [1.165, 1.54) is 11.3 Å². The first-order chi connectivity index (χ1) is 10.4. The fourth-order valence-electron chi connectivity index (χ4n) is 3.96. The van der Waals surface area contributed by atoms with E-state index >= 15 is 0 Å². The molecule has 0 aromatic carbocycles. The molecule has 0 bridgehead atoms. The second-order valence-electron chi connectivity index (χ2n) is 7.04. The summed E-state index contributed by atoms with van der Waals surface area (Å²) < 4.78 is 7.38. The Kier molecular flexibility index (Phi) is 4.02. The minimum atomic E-state index is -0.259. The highest BCUT2D eigenvalue weighted by Crippen LogP contribution is 2.40. The molecule has 0 radical (unpaired) electrons. The van der Waals surface area contributed by atoms with Crippen LogP contribution in [0.1, 0.15) is 55.6 Å². The van der Waals surface area contributed by atoms with Crippen LogP contribution < -0.4 is 0 Å². The smallest absolute Gasteiger partial charge is 0.229 e. The van der Waals surface area contributed by atoms with Crippen LogP contribution in [0.5, 0.6) is 0 Å². The number of hydrogen-bond donors (Lipinski definition) is 0. The van der Waals surface area contributed by atoms with E-state index in [9.17, 15) is 4.79 Å². The van der Waals surface area contributed by atoms with Gasteiger partial charge in [0.2, 0.25) is 5.91 Å². The summed E-state index contributed by atoms with van der Waals surface area (Å²) in [7, 11) is 1.98. The van der Waals surface area contributed by atoms with Crippen molar-refractivity contribution in [2.45, 2.75) is 52.5 Å². The molecule has 0 N–H and O–H groups in total. The van der Waals surface area contributed by atoms with Crippen molar-refractivity contribution >= 4 is 5.91 Å². The predicted octanol–water partition coefficient (Wildman–Crippen LogP) is 2.52. The van der Waals surface area contributed by atoms with Gasteiger partial charge in [-0.15, -0.1) is 0 Å². The standard InChI is InChI=1S/C17H27N3O2/c1-12-15(13(2)19(4)18-12)14-6-5-9-20(14)16(21)17(3)7-10-22-11-8-17/h14H,5-11H2,1-4H3/t14-/m1/s1. The van der Waals surface area contributed by atoms with Gasteiger partial charge >= 0.3 is 0 Å². The van der Waals surface area contributed by atoms with Gasteiger partial charge in [0.1, 0.15) is 0 Å². The number of aromatic nitrogens is 2. The van der Waals surface area contributed by atoms with Crippen molar-refractivity contribution < 1.29 is 9.53 Å². The Bertz CT molecular complexity index is 573. The highest BCUT2D eigenvalue weighted by molar-refractivity contribution is 5.83. The average molecular weight is 305 g/mol. The van der Waals surface area contributed by atoms with Crippen LogP contribution in [-0.4, -0.2) is 40.3 Å². The molecule has 22 heavy (non-hydrogen) atoms. The van der Waals surface area contributed by atoms with E-state index in [0.29, 0.717) is 19.1 Å². The van der Waals surface area contributed by atoms with Crippen molar-refractivity contribution in [3.8, 4) is 0 Å². The highest BCUT2D eigenvalue weighted by Gasteiger charge is 2.43. The van der Waals surface area contributed by atoms with Gasteiger partial charge in [0, 0.05) is 38.1 Å². The second kappa shape index (κ2) is 5.69. The van der Waals surface area contributed by atoms with Gasteiger partial charge in [-0.25, -0.2) is 0 Å². The number of carbonyl (C=O) groups is 1. The molecule has 5 heteroatoms. The number of carbonyl (C=O) groups excluding carboxylic acids is 1. The molecule has 1 aromatic rings. The Morgan fingerprint density at radius 3 is 2.59 bits per heavy atom. The minimum Gasteiger partial charge on any atom is -0.381 e. The fraction of sp³-hybridized carbons (Fsp3) is 0.765. The summed E-state index contributed by atoms with van der Waals surface area (Å²) in [6.07, 6.45) is 3.79. The van der Waals surface area contributed by atoms with Crippen molar-refractivity contribution in [2.75, 3.05) is 19.8 Å². The Labute approximate surface area is 132 Å². The largest absolute Gasteiger partial charge is 0.381 e. The summed E-state index contributed by atoms with van der Waals surface area (Å²) in [6.45, 7) is 8.53. The molecular weight excluding hydrogens is 278 g/mol. The molecule has 2 fully saturated rings. The van der Waals surface area contributed by atoms with Gasteiger partial charge in [0.05, 0.1) is 17.2 Å². The van der Waals surface area contributed by atoms with E-state index < -0.39 is 0 Å². The first-order valence-electron chi connectivity index (χ1n) is 8.33. The van der Waals surface area contributed by atoms with E-state index in [4.69, 9.17) is 4.74 Å². The third-order valence-corrected chi connectivity index (χ3v) is 5.52. The van der Waals surface area contributed by atoms with Crippen LogP contribution in [0.2, 0.25) is 0 Å². The van der Waals surface area contributed by atoms with E-state index in [1.807, 2.05) is 11.7 Å². The van der Waals surface area contributed by atoms with Crippen LogP contribution in [0.15, 0.2) is 0 Å². The zero-order valence-electron chi connectivity index (χ0n) is 14.2. The first-order valence-corrected chi connectivity index (χ1v) is 8.33. The van der Waals surface area contributed by atoms with Crippen LogP contribution in [0.3, 0.4) is 0 Å². The number of rotatable bonds is 2. The van der Waals surface area contributed by atoms with Crippen molar-refractivity contribution in [2.24, 2.45) is 12.5 Å². The number of nitrogens with zero attached hydrogens (tertiary/aromatic N) is 3.